The van der Waals surface area contributed by atoms with E-state index in [2.05, 4.69) is 15.3 Å². The maximum Gasteiger partial charge on any atom is 0.144 e. The third-order valence-electron chi connectivity index (χ3n) is 2.41. The number of rotatable bonds is 4. The molecule has 18 heavy (non-hydrogen) atoms. The predicted molar refractivity (Wildman–Crippen MR) is 70.6 cm³/mol. The van der Waals surface area contributed by atoms with E-state index in [1.54, 1.807) is 31.5 Å². The van der Waals surface area contributed by atoms with Crippen molar-refractivity contribution in [1.29, 1.82) is 5.41 Å². The van der Waals surface area contributed by atoms with Gasteiger partial charge in [-0.2, -0.15) is 0 Å². The molecular weight excluding hydrogens is 230 g/mol. The number of ether oxygens (including phenoxy) is 1. The highest BCUT2D eigenvalue weighted by Gasteiger charge is 2.08. The molecule has 0 aliphatic heterocycles. The SMILES string of the molecule is COc1cc(N)c(C=N)cc1Nc1ccncn1. The Morgan fingerprint density at radius 1 is 1.44 bits per heavy atom. The summed E-state index contributed by atoms with van der Waals surface area (Å²) in [7, 11) is 1.56. The number of nitrogens with two attached hydrogens (primary N) is 1. The first-order valence-corrected chi connectivity index (χ1v) is 5.25. The predicted octanol–water partition coefficient (Wildman–Crippen LogP) is 1.81. The van der Waals surface area contributed by atoms with Gasteiger partial charge in [0.15, 0.2) is 0 Å². The summed E-state index contributed by atoms with van der Waals surface area (Å²) < 4.78 is 5.24. The molecule has 2 aromatic rings. The smallest absolute Gasteiger partial charge is 0.144 e. The Morgan fingerprint density at radius 2 is 2.28 bits per heavy atom. The molecule has 0 amide bonds. The number of hydrogen-bond donors (Lipinski definition) is 3. The Morgan fingerprint density at radius 3 is 2.89 bits per heavy atom. The normalized spacial score (nSPS) is 9.83. The lowest BCUT2D eigenvalue weighted by Crippen LogP contribution is -2.01. The summed E-state index contributed by atoms with van der Waals surface area (Å²) in [5.41, 5.74) is 7.60. The lowest BCUT2D eigenvalue weighted by molar-refractivity contribution is 0.417. The molecule has 92 valence electrons. The number of methoxy groups -OCH3 is 1. The van der Waals surface area contributed by atoms with E-state index >= 15 is 0 Å². The standard InChI is InChI=1S/C12H13N5O/c1-18-11-5-9(14)8(6-13)4-10(11)17-12-2-3-15-7-16-12/h2-7,13H,14H2,1H3,(H,15,16,17). The second kappa shape index (κ2) is 5.13. The molecule has 1 aromatic carbocycles. The van der Waals surface area contributed by atoms with Crippen LogP contribution in [0.25, 0.3) is 0 Å². The van der Waals surface area contributed by atoms with Gasteiger partial charge in [0.05, 0.1) is 12.8 Å². The molecule has 0 aliphatic rings. The summed E-state index contributed by atoms with van der Waals surface area (Å²) in [6.45, 7) is 0. The minimum atomic E-state index is 0.495. The Balaban J connectivity index is 2.40. The number of nitrogens with one attached hydrogen (secondary N) is 2. The topological polar surface area (TPSA) is 96.9 Å². The molecule has 0 fully saturated rings. The van der Waals surface area contributed by atoms with Crippen LogP contribution < -0.4 is 15.8 Å². The van der Waals surface area contributed by atoms with Gasteiger partial charge in [-0.25, -0.2) is 9.97 Å². The van der Waals surface area contributed by atoms with Gasteiger partial charge in [-0.3, -0.25) is 0 Å². The van der Waals surface area contributed by atoms with Crippen molar-refractivity contribution < 1.29 is 4.74 Å². The molecule has 0 atom stereocenters. The summed E-state index contributed by atoms with van der Waals surface area (Å²) in [5, 5.41) is 10.4. The highest BCUT2D eigenvalue weighted by atomic mass is 16.5. The lowest BCUT2D eigenvalue weighted by atomic mass is 10.1. The van der Waals surface area contributed by atoms with Gasteiger partial charge in [-0.15, -0.1) is 0 Å². The van der Waals surface area contributed by atoms with Crippen molar-refractivity contribution in [3.05, 3.63) is 36.3 Å². The molecular formula is C12H13N5O. The Hall–Kier alpha value is -2.63. The summed E-state index contributed by atoms with van der Waals surface area (Å²) in [6, 6.07) is 5.15. The highest BCUT2D eigenvalue weighted by molar-refractivity contribution is 5.89. The third-order valence-corrected chi connectivity index (χ3v) is 2.41. The van der Waals surface area contributed by atoms with Gasteiger partial charge < -0.3 is 21.2 Å². The zero-order valence-corrected chi connectivity index (χ0v) is 9.84. The van der Waals surface area contributed by atoms with Crippen LogP contribution in [0.3, 0.4) is 0 Å². The van der Waals surface area contributed by atoms with Gasteiger partial charge in [0.25, 0.3) is 0 Å². The van der Waals surface area contributed by atoms with E-state index in [0.29, 0.717) is 28.5 Å². The summed E-state index contributed by atoms with van der Waals surface area (Å²) in [5.74, 6) is 1.24. The summed E-state index contributed by atoms with van der Waals surface area (Å²) in [6.07, 6.45) is 4.28. The van der Waals surface area contributed by atoms with Crippen molar-refractivity contribution in [3.63, 3.8) is 0 Å². The minimum Gasteiger partial charge on any atom is -0.494 e. The number of benzene rings is 1. The lowest BCUT2D eigenvalue weighted by Gasteiger charge is -2.12. The molecule has 0 aliphatic carbocycles. The first-order chi connectivity index (χ1) is 8.74. The van der Waals surface area contributed by atoms with Gasteiger partial charge in [-0.05, 0) is 12.1 Å². The Bertz CT molecular complexity index is 556. The summed E-state index contributed by atoms with van der Waals surface area (Å²) in [4.78, 5) is 7.90. The van der Waals surface area contributed by atoms with E-state index in [4.69, 9.17) is 15.9 Å². The van der Waals surface area contributed by atoms with Crippen LogP contribution in [0.2, 0.25) is 0 Å². The Labute approximate surface area is 104 Å². The van der Waals surface area contributed by atoms with Crippen molar-refractivity contribution in [3.8, 4) is 5.75 Å². The van der Waals surface area contributed by atoms with Crippen molar-refractivity contribution >= 4 is 23.4 Å². The quantitative estimate of drug-likeness (QED) is 0.562. The largest absolute Gasteiger partial charge is 0.494 e. The average Bonchev–Trinajstić information content (AvgIpc) is 2.41. The number of aromatic nitrogens is 2. The fraction of sp³-hybridized carbons (Fsp3) is 0.0833. The summed E-state index contributed by atoms with van der Waals surface area (Å²) >= 11 is 0. The molecule has 1 heterocycles. The number of nitrogens with zero attached hydrogens (tertiary/aromatic N) is 2. The molecule has 4 N–H and O–H groups in total. The van der Waals surface area contributed by atoms with Gasteiger partial charge in [0.2, 0.25) is 0 Å². The molecule has 0 radical (unpaired) electrons. The number of hydrogen-bond acceptors (Lipinski definition) is 6. The van der Waals surface area contributed by atoms with Gasteiger partial charge in [-0.1, -0.05) is 0 Å². The fourth-order valence-corrected chi connectivity index (χ4v) is 1.51. The molecule has 0 saturated heterocycles. The molecule has 0 bridgehead atoms. The van der Waals surface area contributed by atoms with Crippen molar-refractivity contribution in [1.82, 2.24) is 9.97 Å². The van der Waals surface area contributed by atoms with Crippen molar-refractivity contribution in [2.45, 2.75) is 0 Å². The van der Waals surface area contributed by atoms with E-state index < -0.39 is 0 Å². The van der Waals surface area contributed by atoms with Gasteiger partial charge >= 0.3 is 0 Å². The maximum absolute atomic E-state index is 7.29. The molecule has 1 aromatic heterocycles. The maximum atomic E-state index is 7.29. The third kappa shape index (κ3) is 2.37. The molecule has 6 heteroatoms. The molecule has 0 saturated carbocycles. The van der Waals surface area contributed by atoms with Crippen LogP contribution in [0.4, 0.5) is 17.2 Å². The minimum absolute atomic E-state index is 0.495. The second-order valence-corrected chi connectivity index (χ2v) is 3.55. The second-order valence-electron chi connectivity index (χ2n) is 3.55. The fourth-order valence-electron chi connectivity index (χ4n) is 1.51. The van der Waals surface area contributed by atoms with Gasteiger partial charge in [0.1, 0.15) is 17.9 Å². The van der Waals surface area contributed by atoms with E-state index in [1.165, 1.54) is 12.5 Å². The Kier molecular flexibility index (Phi) is 3.38. The van der Waals surface area contributed by atoms with Crippen LogP contribution in [0.5, 0.6) is 5.75 Å². The van der Waals surface area contributed by atoms with E-state index in [-0.39, 0.29) is 0 Å². The monoisotopic (exact) mass is 243 g/mol. The van der Waals surface area contributed by atoms with Crippen LogP contribution in [0.15, 0.2) is 30.7 Å². The molecule has 0 unspecified atom stereocenters. The zero-order valence-electron chi connectivity index (χ0n) is 9.84. The van der Waals surface area contributed by atoms with E-state index in [1.807, 2.05) is 0 Å². The van der Waals surface area contributed by atoms with Crippen molar-refractivity contribution in [2.24, 2.45) is 0 Å². The van der Waals surface area contributed by atoms with E-state index in [0.717, 1.165) is 0 Å². The molecule has 2 rings (SSSR count). The van der Waals surface area contributed by atoms with Crippen LogP contribution in [0.1, 0.15) is 5.56 Å². The highest BCUT2D eigenvalue weighted by Crippen LogP contribution is 2.31. The van der Waals surface area contributed by atoms with Gasteiger partial charge in [0, 0.05) is 29.7 Å². The average molecular weight is 243 g/mol. The first-order valence-electron chi connectivity index (χ1n) is 5.25. The molecule has 6 nitrogen and oxygen atoms in total. The van der Waals surface area contributed by atoms with Crippen LogP contribution in [-0.2, 0) is 0 Å². The van der Waals surface area contributed by atoms with Crippen LogP contribution >= 0.6 is 0 Å². The van der Waals surface area contributed by atoms with Crippen molar-refractivity contribution in [2.75, 3.05) is 18.2 Å². The first kappa shape index (κ1) is 11.8. The molecule has 0 spiro atoms. The van der Waals surface area contributed by atoms with E-state index in [9.17, 15) is 0 Å². The van der Waals surface area contributed by atoms with Crippen LogP contribution in [0, 0.1) is 5.41 Å². The van der Waals surface area contributed by atoms with Crippen LogP contribution in [-0.4, -0.2) is 23.3 Å². The number of nitrogen functional groups attached to an aromatic ring is 1. The zero-order chi connectivity index (χ0) is 13.0. The number of anilines is 3.